The molecule has 56 valence electrons. The van der Waals surface area contributed by atoms with E-state index < -0.39 is 0 Å². The average molecular weight is 219 g/mol. The molecule has 0 aromatic rings. The Labute approximate surface area is 74.9 Å². The predicted octanol–water partition coefficient (Wildman–Crippen LogP) is 3.69. The van der Waals surface area contributed by atoms with Gasteiger partial charge in [0, 0.05) is 5.25 Å². The van der Waals surface area contributed by atoms with E-state index in [2.05, 4.69) is 29.1 Å². The van der Waals surface area contributed by atoms with Crippen molar-refractivity contribution in [2.24, 2.45) is 0 Å². The maximum absolute atomic E-state index is 3.87. The second kappa shape index (κ2) is 3.63. The third kappa shape index (κ3) is 2.51. The minimum Gasteiger partial charge on any atom is -0.127 e. The van der Waals surface area contributed by atoms with Gasteiger partial charge in [-0.25, -0.2) is 0 Å². The van der Waals surface area contributed by atoms with Crippen molar-refractivity contribution in [1.82, 2.24) is 0 Å². The molecule has 1 aliphatic rings. The summed E-state index contributed by atoms with van der Waals surface area (Å²) in [4.78, 5) is 1.34. The van der Waals surface area contributed by atoms with Crippen LogP contribution >= 0.6 is 27.7 Å². The van der Waals surface area contributed by atoms with Crippen LogP contribution in [0.15, 0.2) is 22.5 Å². The number of allylic oxidation sites excluding steroid dienone is 2. The molecule has 0 N–H and O–H groups in total. The number of rotatable bonds is 3. The molecule has 1 unspecified atom stereocenters. The van der Waals surface area contributed by atoms with Crippen LogP contribution in [0.3, 0.4) is 0 Å². The lowest BCUT2D eigenvalue weighted by molar-refractivity contribution is 0.751. The Bertz CT molecular complexity index is 155. The molecule has 0 bridgehead atoms. The van der Waals surface area contributed by atoms with Crippen LogP contribution in [0.1, 0.15) is 19.3 Å². The maximum atomic E-state index is 3.87. The maximum Gasteiger partial charge on any atom is 0.0139 e. The van der Waals surface area contributed by atoms with Gasteiger partial charge in [-0.2, -0.15) is 0 Å². The van der Waals surface area contributed by atoms with Gasteiger partial charge < -0.3 is 0 Å². The monoisotopic (exact) mass is 218 g/mol. The number of thioether (sulfide) groups is 1. The Morgan fingerprint density at radius 3 is 2.80 bits per heavy atom. The lowest BCUT2D eigenvalue weighted by atomic mass is 10.1. The normalized spacial score (nSPS) is 24.1. The SMILES string of the molecule is C=C(Br)CCC1CC(=C)S1. The zero-order chi connectivity index (χ0) is 7.56. The van der Waals surface area contributed by atoms with E-state index in [0.29, 0.717) is 0 Å². The summed E-state index contributed by atoms with van der Waals surface area (Å²) >= 11 is 5.26. The molecule has 2 heteroatoms. The summed E-state index contributed by atoms with van der Waals surface area (Å²) in [5.74, 6) is 0. The van der Waals surface area contributed by atoms with E-state index in [1.54, 1.807) is 0 Å². The van der Waals surface area contributed by atoms with Gasteiger partial charge in [0.2, 0.25) is 0 Å². The van der Waals surface area contributed by atoms with Crippen LogP contribution in [-0.4, -0.2) is 5.25 Å². The fourth-order valence-corrected chi connectivity index (χ4v) is 2.18. The van der Waals surface area contributed by atoms with Crippen molar-refractivity contribution >= 4 is 27.7 Å². The topological polar surface area (TPSA) is 0 Å². The zero-order valence-electron chi connectivity index (χ0n) is 5.90. The van der Waals surface area contributed by atoms with Crippen molar-refractivity contribution in [2.75, 3.05) is 0 Å². The van der Waals surface area contributed by atoms with E-state index in [0.717, 1.165) is 16.2 Å². The van der Waals surface area contributed by atoms with Crippen LogP contribution in [0.4, 0.5) is 0 Å². The molecule has 0 spiro atoms. The molecule has 1 saturated heterocycles. The third-order valence-corrected chi connectivity index (χ3v) is 3.16. The van der Waals surface area contributed by atoms with E-state index in [9.17, 15) is 0 Å². The first-order valence-electron chi connectivity index (χ1n) is 3.36. The number of hydrogen-bond donors (Lipinski definition) is 0. The molecule has 0 aromatic carbocycles. The summed E-state index contributed by atoms with van der Waals surface area (Å²) in [7, 11) is 0. The van der Waals surface area contributed by atoms with Gasteiger partial charge in [-0.15, -0.1) is 11.8 Å². The molecular weight excluding hydrogens is 208 g/mol. The first kappa shape index (κ1) is 8.41. The van der Waals surface area contributed by atoms with Gasteiger partial charge in [0.15, 0.2) is 0 Å². The quantitative estimate of drug-likeness (QED) is 0.697. The molecule has 0 aromatic heterocycles. The van der Waals surface area contributed by atoms with Gasteiger partial charge in [0.25, 0.3) is 0 Å². The summed E-state index contributed by atoms with van der Waals surface area (Å²) in [6.07, 6.45) is 3.56. The minimum atomic E-state index is 0.821. The van der Waals surface area contributed by atoms with Crippen LogP contribution in [0.25, 0.3) is 0 Å². The van der Waals surface area contributed by atoms with Gasteiger partial charge in [-0.1, -0.05) is 29.1 Å². The second-order valence-electron chi connectivity index (χ2n) is 2.54. The van der Waals surface area contributed by atoms with Crippen LogP contribution < -0.4 is 0 Å². The summed E-state index contributed by atoms with van der Waals surface area (Å²) < 4.78 is 1.12. The van der Waals surface area contributed by atoms with Crippen LogP contribution in [0, 0.1) is 0 Å². The summed E-state index contributed by atoms with van der Waals surface area (Å²) in [6.45, 7) is 7.66. The smallest absolute Gasteiger partial charge is 0.0139 e. The van der Waals surface area contributed by atoms with Crippen LogP contribution in [0.2, 0.25) is 0 Å². The van der Waals surface area contributed by atoms with Crippen molar-refractivity contribution in [1.29, 1.82) is 0 Å². The highest BCUT2D eigenvalue weighted by molar-refractivity contribution is 9.11. The van der Waals surface area contributed by atoms with E-state index in [1.807, 2.05) is 11.8 Å². The average Bonchev–Trinajstić information content (AvgIpc) is 1.77. The van der Waals surface area contributed by atoms with Crippen LogP contribution in [0.5, 0.6) is 0 Å². The molecule has 1 atom stereocenters. The highest BCUT2D eigenvalue weighted by Gasteiger charge is 2.21. The fraction of sp³-hybridized carbons (Fsp3) is 0.500. The van der Waals surface area contributed by atoms with Crippen LogP contribution in [-0.2, 0) is 0 Å². The van der Waals surface area contributed by atoms with E-state index in [4.69, 9.17) is 0 Å². The zero-order valence-corrected chi connectivity index (χ0v) is 8.30. The Hall–Kier alpha value is 0.310. The molecule has 0 aliphatic carbocycles. The van der Waals surface area contributed by atoms with Crippen molar-refractivity contribution in [3.05, 3.63) is 22.5 Å². The summed E-state index contributed by atoms with van der Waals surface area (Å²) in [6, 6.07) is 0. The minimum absolute atomic E-state index is 0.821. The number of hydrogen-bond acceptors (Lipinski definition) is 1. The summed E-state index contributed by atoms with van der Waals surface area (Å²) in [5.41, 5.74) is 0. The molecular formula is C8H11BrS. The fourth-order valence-electron chi connectivity index (χ4n) is 0.959. The molecule has 1 heterocycles. The first-order chi connectivity index (χ1) is 4.68. The van der Waals surface area contributed by atoms with Gasteiger partial charge in [0.1, 0.15) is 0 Å². The van der Waals surface area contributed by atoms with Gasteiger partial charge in [-0.3, -0.25) is 0 Å². The molecule has 0 saturated carbocycles. The highest BCUT2D eigenvalue weighted by Crippen LogP contribution is 2.42. The lowest BCUT2D eigenvalue weighted by Gasteiger charge is -2.27. The van der Waals surface area contributed by atoms with E-state index >= 15 is 0 Å². The predicted molar refractivity (Wildman–Crippen MR) is 52.4 cm³/mol. The van der Waals surface area contributed by atoms with E-state index in [1.165, 1.54) is 17.7 Å². The Morgan fingerprint density at radius 1 is 1.80 bits per heavy atom. The van der Waals surface area contributed by atoms with Gasteiger partial charge in [-0.05, 0) is 28.6 Å². The van der Waals surface area contributed by atoms with Crippen molar-refractivity contribution in [3.63, 3.8) is 0 Å². The first-order valence-corrected chi connectivity index (χ1v) is 5.03. The lowest BCUT2D eigenvalue weighted by Crippen LogP contribution is -2.12. The molecule has 1 fully saturated rings. The van der Waals surface area contributed by atoms with Gasteiger partial charge in [0.05, 0.1) is 0 Å². The number of halogens is 1. The Morgan fingerprint density at radius 2 is 2.40 bits per heavy atom. The van der Waals surface area contributed by atoms with Crippen molar-refractivity contribution in [2.45, 2.75) is 24.5 Å². The van der Waals surface area contributed by atoms with Gasteiger partial charge >= 0.3 is 0 Å². The van der Waals surface area contributed by atoms with E-state index in [-0.39, 0.29) is 0 Å². The molecule has 0 radical (unpaired) electrons. The molecule has 0 nitrogen and oxygen atoms in total. The Kier molecular flexibility index (Phi) is 3.05. The van der Waals surface area contributed by atoms with Crippen molar-refractivity contribution < 1.29 is 0 Å². The summed E-state index contributed by atoms with van der Waals surface area (Å²) in [5, 5.41) is 0.821. The molecule has 1 aliphatic heterocycles. The largest absolute Gasteiger partial charge is 0.127 e. The van der Waals surface area contributed by atoms with Crippen molar-refractivity contribution in [3.8, 4) is 0 Å². The standard InChI is InChI=1S/C8H11BrS/c1-6(9)3-4-8-5-7(2)10-8/h8H,1-5H2. The highest BCUT2D eigenvalue weighted by atomic mass is 79.9. The Balaban J connectivity index is 2.05. The third-order valence-electron chi connectivity index (χ3n) is 1.53. The molecule has 10 heavy (non-hydrogen) atoms. The molecule has 0 amide bonds. The second-order valence-corrected chi connectivity index (χ2v) is 5.14. The molecule has 1 rings (SSSR count).